The van der Waals surface area contributed by atoms with Gasteiger partial charge in [0, 0.05) is 25.8 Å². The SMILES string of the molecule is COCCNCc1cn[nH]c1-c1c(F)cccc1F. The maximum atomic E-state index is 13.7. The van der Waals surface area contributed by atoms with Crippen LogP contribution in [0.4, 0.5) is 8.78 Å². The van der Waals surface area contributed by atoms with Gasteiger partial charge < -0.3 is 10.1 Å². The van der Waals surface area contributed by atoms with E-state index in [4.69, 9.17) is 4.74 Å². The van der Waals surface area contributed by atoms with Gasteiger partial charge in [-0.05, 0) is 12.1 Å². The van der Waals surface area contributed by atoms with E-state index in [1.165, 1.54) is 18.2 Å². The summed E-state index contributed by atoms with van der Waals surface area (Å²) in [4.78, 5) is 0. The number of nitrogens with one attached hydrogen (secondary N) is 2. The molecule has 0 saturated carbocycles. The van der Waals surface area contributed by atoms with Gasteiger partial charge in [-0.2, -0.15) is 5.10 Å². The van der Waals surface area contributed by atoms with Gasteiger partial charge in [0.1, 0.15) is 11.6 Å². The largest absolute Gasteiger partial charge is 0.383 e. The number of H-pyrrole nitrogens is 1. The highest BCUT2D eigenvalue weighted by molar-refractivity contribution is 5.64. The van der Waals surface area contributed by atoms with Gasteiger partial charge in [0.15, 0.2) is 0 Å². The van der Waals surface area contributed by atoms with Crippen molar-refractivity contribution in [3.05, 3.63) is 41.6 Å². The molecule has 0 spiro atoms. The molecule has 2 N–H and O–H groups in total. The summed E-state index contributed by atoms with van der Waals surface area (Å²) in [7, 11) is 1.61. The van der Waals surface area contributed by atoms with E-state index in [2.05, 4.69) is 15.5 Å². The normalized spacial score (nSPS) is 10.9. The predicted octanol–water partition coefficient (Wildman–Crippen LogP) is 2.09. The number of aromatic nitrogens is 2. The Balaban J connectivity index is 2.19. The molecule has 0 amide bonds. The average molecular weight is 267 g/mol. The Kier molecular flexibility index (Phi) is 4.59. The molecule has 0 aliphatic rings. The van der Waals surface area contributed by atoms with E-state index in [0.717, 1.165) is 0 Å². The van der Waals surface area contributed by atoms with Crippen LogP contribution in [0.15, 0.2) is 24.4 Å². The zero-order chi connectivity index (χ0) is 13.7. The van der Waals surface area contributed by atoms with Gasteiger partial charge in [-0.15, -0.1) is 0 Å². The van der Waals surface area contributed by atoms with Crippen LogP contribution in [0.25, 0.3) is 11.3 Å². The summed E-state index contributed by atoms with van der Waals surface area (Å²) < 4.78 is 32.3. The summed E-state index contributed by atoms with van der Waals surface area (Å²) in [5.74, 6) is -1.22. The van der Waals surface area contributed by atoms with Crippen molar-refractivity contribution in [1.29, 1.82) is 0 Å². The molecule has 0 aliphatic heterocycles. The van der Waals surface area contributed by atoms with Crippen molar-refractivity contribution in [3.63, 3.8) is 0 Å². The van der Waals surface area contributed by atoms with E-state index in [0.29, 0.717) is 31.0 Å². The van der Waals surface area contributed by atoms with Gasteiger partial charge in [-0.3, -0.25) is 5.10 Å². The van der Waals surface area contributed by atoms with E-state index in [1.54, 1.807) is 13.3 Å². The van der Waals surface area contributed by atoms with Gasteiger partial charge in [0.25, 0.3) is 0 Å². The van der Waals surface area contributed by atoms with Crippen LogP contribution in [0.2, 0.25) is 0 Å². The van der Waals surface area contributed by atoms with Gasteiger partial charge in [-0.25, -0.2) is 8.78 Å². The third-order valence-electron chi connectivity index (χ3n) is 2.73. The molecule has 1 heterocycles. The molecule has 0 unspecified atom stereocenters. The number of aromatic amines is 1. The molecule has 1 aromatic carbocycles. The molecule has 0 atom stereocenters. The minimum Gasteiger partial charge on any atom is -0.383 e. The first-order chi connectivity index (χ1) is 9.24. The number of benzene rings is 1. The summed E-state index contributed by atoms with van der Waals surface area (Å²) >= 11 is 0. The second kappa shape index (κ2) is 6.40. The maximum absolute atomic E-state index is 13.7. The third kappa shape index (κ3) is 3.15. The number of nitrogens with zero attached hydrogens (tertiary/aromatic N) is 1. The third-order valence-corrected chi connectivity index (χ3v) is 2.73. The van der Waals surface area contributed by atoms with E-state index in [1.807, 2.05) is 0 Å². The molecule has 0 bridgehead atoms. The molecule has 0 fully saturated rings. The molecule has 0 radical (unpaired) electrons. The van der Waals surface area contributed by atoms with Gasteiger partial charge in [0.2, 0.25) is 0 Å². The Hall–Kier alpha value is -1.79. The fourth-order valence-electron chi connectivity index (χ4n) is 1.80. The van der Waals surface area contributed by atoms with Crippen molar-refractivity contribution in [2.75, 3.05) is 20.3 Å². The minimum absolute atomic E-state index is 0.0801. The molecule has 2 rings (SSSR count). The quantitative estimate of drug-likeness (QED) is 0.788. The van der Waals surface area contributed by atoms with Gasteiger partial charge >= 0.3 is 0 Å². The number of methoxy groups -OCH3 is 1. The smallest absolute Gasteiger partial charge is 0.135 e. The highest BCUT2D eigenvalue weighted by Crippen LogP contribution is 2.26. The van der Waals surface area contributed by atoms with Crippen molar-refractivity contribution in [1.82, 2.24) is 15.5 Å². The summed E-state index contributed by atoms with van der Waals surface area (Å²) in [5, 5.41) is 9.60. The molecule has 4 nitrogen and oxygen atoms in total. The van der Waals surface area contributed by atoms with Crippen LogP contribution in [0.5, 0.6) is 0 Å². The molecule has 1 aromatic heterocycles. The maximum Gasteiger partial charge on any atom is 0.135 e. The fraction of sp³-hybridized carbons (Fsp3) is 0.308. The lowest BCUT2D eigenvalue weighted by molar-refractivity contribution is 0.199. The van der Waals surface area contributed by atoms with Crippen molar-refractivity contribution in [2.45, 2.75) is 6.54 Å². The topological polar surface area (TPSA) is 49.9 Å². The van der Waals surface area contributed by atoms with Crippen LogP contribution in [0.1, 0.15) is 5.56 Å². The number of halogens is 2. The van der Waals surface area contributed by atoms with Crippen molar-refractivity contribution >= 4 is 0 Å². The lowest BCUT2D eigenvalue weighted by Gasteiger charge is -2.07. The molecular formula is C13H15F2N3O. The molecule has 0 saturated heterocycles. The zero-order valence-corrected chi connectivity index (χ0v) is 10.5. The van der Waals surface area contributed by atoms with Gasteiger partial charge in [0.05, 0.1) is 24.1 Å². The Morgan fingerprint density at radius 2 is 2.05 bits per heavy atom. The predicted molar refractivity (Wildman–Crippen MR) is 67.5 cm³/mol. The van der Waals surface area contributed by atoms with E-state index in [9.17, 15) is 8.78 Å². The first-order valence-electron chi connectivity index (χ1n) is 5.90. The lowest BCUT2D eigenvalue weighted by atomic mass is 10.1. The molecule has 19 heavy (non-hydrogen) atoms. The standard InChI is InChI=1S/C13H15F2N3O/c1-19-6-5-16-7-9-8-17-18-13(9)12-10(14)3-2-4-11(12)15/h2-4,8,16H,5-7H2,1H3,(H,17,18). The minimum atomic E-state index is -0.609. The number of hydrogen-bond donors (Lipinski definition) is 2. The number of ether oxygens (including phenoxy) is 1. The summed E-state index contributed by atoms with van der Waals surface area (Å²) in [6.07, 6.45) is 1.56. The van der Waals surface area contributed by atoms with Crippen LogP contribution in [-0.2, 0) is 11.3 Å². The second-order valence-corrected chi connectivity index (χ2v) is 4.04. The van der Waals surface area contributed by atoms with Gasteiger partial charge in [-0.1, -0.05) is 6.07 Å². The van der Waals surface area contributed by atoms with Crippen LogP contribution >= 0.6 is 0 Å². The summed E-state index contributed by atoms with van der Waals surface area (Å²) in [6, 6.07) is 3.78. The van der Waals surface area contributed by atoms with Crippen molar-refractivity contribution in [3.8, 4) is 11.3 Å². The monoisotopic (exact) mass is 267 g/mol. The highest BCUT2D eigenvalue weighted by Gasteiger charge is 2.16. The second-order valence-electron chi connectivity index (χ2n) is 4.04. The number of rotatable bonds is 6. The van der Waals surface area contributed by atoms with Crippen LogP contribution in [-0.4, -0.2) is 30.5 Å². The molecule has 102 valence electrons. The number of hydrogen-bond acceptors (Lipinski definition) is 3. The Labute approximate surface area is 109 Å². The Morgan fingerprint density at radius 3 is 2.74 bits per heavy atom. The van der Waals surface area contributed by atoms with E-state index < -0.39 is 11.6 Å². The van der Waals surface area contributed by atoms with E-state index >= 15 is 0 Å². The van der Waals surface area contributed by atoms with Crippen LogP contribution in [0.3, 0.4) is 0 Å². The first-order valence-corrected chi connectivity index (χ1v) is 5.90. The summed E-state index contributed by atoms with van der Waals surface area (Å²) in [6.45, 7) is 1.69. The van der Waals surface area contributed by atoms with E-state index in [-0.39, 0.29) is 5.56 Å². The first kappa shape index (κ1) is 13.6. The lowest BCUT2D eigenvalue weighted by Crippen LogP contribution is -2.18. The fourth-order valence-corrected chi connectivity index (χ4v) is 1.80. The molecule has 0 aliphatic carbocycles. The van der Waals surface area contributed by atoms with Crippen molar-refractivity contribution < 1.29 is 13.5 Å². The Morgan fingerprint density at radius 1 is 1.32 bits per heavy atom. The highest BCUT2D eigenvalue weighted by atomic mass is 19.1. The average Bonchev–Trinajstić information content (AvgIpc) is 2.83. The molecule has 6 heteroatoms. The molecule has 2 aromatic rings. The zero-order valence-electron chi connectivity index (χ0n) is 10.5. The molecular weight excluding hydrogens is 252 g/mol. The summed E-state index contributed by atoms with van der Waals surface area (Å²) in [5.41, 5.74) is 0.990. The Bertz CT molecular complexity index is 522. The van der Waals surface area contributed by atoms with Crippen molar-refractivity contribution in [2.24, 2.45) is 0 Å². The van der Waals surface area contributed by atoms with Crippen LogP contribution in [0, 0.1) is 11.6 Å². The van der Waals surface area contributed by atoms with Crippen LogP contribution < -0.4 is 5.32 Å².